The second kappa shape index (κ2) is 5.26. The van der Waals surface area contributed by atoms with Gasteiger partial charge in [-0.3, -0.25) is 9.69 Å². The van der Waals surface area contributed by atoms with Gasteiger partial charge in [-0.15, -0.1) is 0 Å². The van der Waals surface area contributed by atoms with Gasteiger partial charge >= 0.3 is 0 Å². The number of likely N-dealkylation sites (N-methyl/N-ethyl adjacent to an activating group) is 1. The number of amides is 1. The van der Waals surface area contributed by atoms with Crippen molar-refractivity contribution in [3.05, 3.63) is 28.8 Å². The Morgan fingerprint density at radius 2 is 2.22 bits per heavy atom. The van der Waals surface area contributed by atoms with E-state index in [9.17, 15) is 4.79 Å². The van der Waals surface area contributed by atoms with Gasteiger partial charge in [0.25, 0.3) is 0 Å². The number of piperazine rings is 1. The number of anilines is 1. The van der Waals surface area contributed by atoms with Crippen molar-refractivity contribution in [1.82, 2.24) is 4.90 Å². The average molecular weight is 268 g/mol. The molecule has 0 spiro atoms. The number of benzene rings is 1. The molecular formula is C13H18ClN3O. The summed E-state index contributed by atoms with van der Waals surface area (Å²) in [4.78, 5) is 15.9. The van der Waals surface area contributed by atoms with E-state index in [-0.39, 0.29) is 11.9 Å². The molecule has 1 aromatic carbocycles. The van der Waals surface area contributed by atoms with E-state index in [1.807, 2.05) is 37.1 Å². The molecule has 98 valence electrons. The van der Waals surface area contributed by atoms with E-state index in [0.717, 1.165) is 11.3 Å². The van der Waals surface area contributed by atoms with Crippen LogP contribution in [0, 0.1) is 6.92 Å². The summed E-state index contributed by atoms with van der Waals surface area (Å²) in [7, 11) is 1.93. The summed E-state index contributed by atoms with van der Waals surface area (Å²) < 4.78 is 0. The quantitative estimate of drug-likeness (QED) is 0.878. The van der Waals surface area contributed by atoms with Crippen molar-refractivity contribution in [1.29, 1.82) is 0 Å². The Kier molecular flexibility index (Phi) is 3.90. The van der Waals surface area contributed by atoms with E-state index in [4.69, 9.17) is 17.3 Å². The van der Waals surface area contributed by atoms with Crippen LogP contribution >= 0.6 is 11.6 Å². The zero-order valence-electron chi connectivity index (χ0n) is 10.7. The van der Waals surface area contributed by atoms with Gasteiger partial charge < -0.3 is 10.6 Å². The monoisotopic (exact) mass is 267 g/mol. The maximum absolute atomic E-state index is 12.1. The van der Waals surface area contributed by atoms with Gasteiger partial charge in [0, 0.05) is 29.8 Å². The van der Waals surface area contributed by atoms with Crippen LogP contribution in [0.4, 0.5) is 5.69 Å². The highest BCUT2D eigenvalue weighted by Crippen LogP contribution is 2.28. The molecule has 1 unspecified atom stereocenters. The topological polar surface area (TPSA) is 49.6 Å². The molecule has 0 saturated carbocycles. The molecular weight excluding hydrogens is 250 g/mol. The first-order valence-electron chi connectivity index (χ1n) is 6.00. The average Bonchev–Trinajstić information content (AvgIpc) is 2.34. The van der Waals surface area contributed by atoms with E-state index in [1.165, 1.54) is 0 Å². The predicted octanol–water partition coefficient (Wildman–Crippen LogP) is 1.25. The Bertz CT molecular complexity index is 464. The molecule has 0 radical (unpaired) electrons. The number of carbonyl (C=O) groups is 1. The lowest BCUT2D eigenvalue weighted by Gasteiger charge is -2.39. The van der Waals surface area contributed by atoms with Crippen LogP contribution in [0.1, 0.15) is 5.56 Å². The Hall–Kier alpha value is -1.10. The predicted molar refractivity (Wildman–Crippen MR) is 74.0 cm³/mol. The lowest BCUT2D eigenvalue weighted by molar-refractivity contribution is -0.121. The summed E-state index contributed by atoms with van der Waals surface area (Å²) in [5, 5.41) is 0.684. The van der Waals surface area contributed by atoms with Crippen LogP contribution in [0.3, 0.4) is 0 Å². The molecule has 0 aliphatic carbocycles. The summed E-state index contributed by atoms with van der Waals surface area (Å²) in [6.07, 6.45) is 0. The van der Waals surface area contributed by atoms with E-state index in [0.29, 0.717) is 24.7 Å². The third-order valence-corrected chi connectivity index (χ3v) is 3.91. The number of hydrogen-bond donors (Lipinski definition) is 1. The number of nitrogens with two attached hydrogens (primary N) is 1. The third-order valence-electron chi connectivity index (χ3n) is 3.50. The molecule has 1 heterocycles. The molecule has 5 heteroatoms. The lowest BCUT2D eigenvalue weighted by Crippen LogP contribution is -2.57. The van der Waals surface area contributed by atoms with Crippen LogP contribution in [-0.4, -0.2) is 43.5 Å². The zero-order chi connectivity index (χ0) is 13.3. The number of hydrogen-bond acceptors (Lipinski definition) is 3. The van der Waals surface area contributed by atoms with Crippen molar-refractivity contribution >= 4 is 23.2 Å². The fourth-order valence-corrected chi connectivity index (χ4v) is 2.42. The van der Waals surface area contributed by atoms with Crippen molar-refractivity contribution < 1.29 is 4.79 Å². The number of nitrogens with zero attached hydrogens (tertiary/aromatic N) is 2. The van der Waals surface area contributed by atoms with Gasteiger partial charge in [0.2, 0.25) is 5.91 Å². The van der Waals surface area contributed by atoms with Gasteiger partial charge in [-0.25, -0.2) is 0 Å². The molecule has 1 aliphatic heterocycles. The molecule has 1 atom stereocenters. The first-order valence-corrected chi connectivity index (χ1v) is 6.38. The highest BCUT2D eigenvalue weighted by molar-refractivity contribution is 6.31. The number of carbonyl (C=O) groups excluding carboxylic acids is 1. The van der Waals surface area contributed by atoms with Crippen LogP contribution in [0.15, 0.2) is 18.2 Å². The van der Waals surface area contributed by atoms with E-state index in [2.05, 4.69) is 0 Å². The first kappa shape index (κ1) is 13.3. The minimum absolute atomic E-state index is 0.0903. The van der Waals surface area contributed by atoms with Crippen LogP contribution < -0.4 is 10.6 Å². The third kappa shape index (κ3) is 2.36. The first-order chi connectivity index (χ1) is 8.54. The SMILES string of the molecule is Cc1c(Cl)cccc1N1CC(CN)N(C)CC1=O. The summed E-state index contributed by atoms with van der Waals surface area (Å²) in [6.45, 7) is 3.49. The molecule has 1 fully saturated rings. The van der Waals surface area contributed by atoms with Crippen LogP contribution in [0.2, 0.25) is 5.02 Å². The summed E-state index contributed by atoms with van der Waals surface area (Å²) in [5.74, 6) is 0.0903. The van der Waals surface area contributed by atoms with Gasteiger partial charge in [0.15, 0.2) is 0 Å². The van der Waals surface area contributed by atoms with Gasteiger partial charge in [0.05, 0.1) is 6.54 Å². The molecule has 18 heavy (non-hydrogen) atoms. The Morgan fingerprint density at radius 1 is 1.50 bits per heavy atom. The van der Waals surface area contributed by atoms with Crippen LogP contribution in [-0.2, 0) is 4.79 Å². The van der Waals surface area contributed by atoms with Crippen LogP contribution in [0.5, 0.6) is 0 Å². The van der Waals surface area contributed by atoms with E-state index in [1.54, 1.807) is 4.90 Å². The molecule has 4 nitrogen and oxygen atoms in total. The molecule has 2 N–H and O–H groups in total. The molecule has 1 saturated heterocycles. The van der Waals surface area contributed by atoms with Crippen molar-refractivity contribution in [3.63, 3.8) is 0 Å². The number of halogens is 1. The molecule has 1 amide bonds. The molecule has 0 bridgehead atoms. The fraction of sp³-hybridized carbons (Fsp3) is 0.462. The highest BCUT2D eigenvalue weighted by Gasteiger charge is 2.30. The van der Waals surface area contributed by atoms with E-state index >= 15 is 0 Å². The summed E-state index contributed by atoms with van der Waals surface area (Å²) >= 11 is 6.11. The van der Waals surface area contributed by atoms with Crippen LogP contribution in [0.25, 0.3) is 0 Å². The van der Waals surface area contributed by atoms with Gasteiger partial charge in [-0.05, 0) is 31.7 Å². The Morgan fingerprint density at radius 3 is 2.89 bits per heavy atom. The van der Waals surface area contributed by atoms with Gasteiger partial charge in [0.1, 0.15) is 0 Å². The Balaban J connectivity index is 2.32. The lowest BCUT2D eigenvalue weighted by atomic mass is 10.1. The molecule has 1 aromatic rings. The van der Waals surface area contributed by atoms with Gasteiger partial charge in [-0.1, -0.05) is 17.7 Å². The minimum Gasteiger partial charge on any atom is -0.329 e. The second-order valence-electron chi connectivity index (χ2n) is 4.69. The normalized spacial score (nSPS) is 21.4. The van der Waals surface area contributed by atoms with Crippen molar-refractivity contribution in [2.75, 3.05) is 31.6 Å². The molecule has 1 aliphatic rings. The maximum atomic E-state index is 12.1. The zero-order valence-corrected chi connectivity index (χ0v) is 11.4. The molecule has 2 rings (SSSR count). The second-order valence-corrected chi connectivity index (χ2v) is 5.10. The largest absolute Gasteiger partial charge is 0.329 e. The summed E-state index contributed by atoms with van der Waals surface area (Å²) in [6, 6.07) is 5.83. The number of rotatable bonds is 2. The minimum atomic E-state index is 0.0903. The molecule has 0 aromatic heterocycles. The van der Waals surface area contributed by atoms with E-state index < -0.39 is 0 Å². The van der Waals surface area contributed by atoms with Crippen molar-refractivity contribution in [2.45, 2.75) is 13.0 Å². The highest BCUT2D eigenvalue weighted by atomic mass is 35.5. The van der Waals surface area contributed by atoms with Crippen molar-refractivity contribution in [3.8, 4) is 0 Å². The Labute approximate surface area is 112 Å². The van der Waals surface area contributed by atoms with Gasteiger partial charge in [-0.2, -0.15) is 0 Å². The van der Waals surface area contributed by atoms with Crippen molar-refractivity contribution in [2.24, 2.45) is 5.73 Å². The summed E-state index contributed by atoms with van der Waals surface area (Å²) in [5.41, 5.74) is 7.57. The standard InChI is InChI=1S/C13H18ClN3O/c1-9-11(14)4-3-5-12(9)17-7-10(6-15)16(2)8-13(17)18/h3-5,10H,6-8,15H2,1-2H3. The fourth-order valence-electron chi connectivity index (χ4n) is 2.26. The maximum Gasteiger partial charge on any atom is 0.241 e. The smallest absolute Gasteiger partial charge is 0.241 e.